The van der Waals surface area contributed by atoms with Gasteiger partial charge >= 0.3 is 14.6 Å². The van der Waals surface area contributed by atoms with Crippen LogP contribution in [-0.2, 0) is 37.4 Å². The van der Waals surface area contributed by atoms with E-state index >= 15 is 0 Å². The van der Waals surface area contributed by atoms with E-state index in [1.807, 2.05) is 0 Å². The molecule has 0 aliphatic heterocycles. The Kier molecular flexibility index (Phi) is 9.10. The van der Waals surface area contributed by atoms with Crippen LogP contribution >= 0.6 is 0 Å². The molecule has 2 N–H and O–H groups in total. The van der Waals surface area contributed by atoms with Gasteiger partial charge in [0.25, 0.3) is 11.7 Å². The van der Waals surface area contributed by atoms with E-state index in [2.05, 4.69) is 5.32 Å². The Bertz CT molecular complexity index is 399. The van der Waals surface area contributed by atoms with Gasteiger partial charge in [-0.1, -0.05) is 19.4 Å². The van der Waals surface area contributed by atoms with Crippen LogP contribution < -0.4 is 0 Å². The first-order chi connectivity index (χ1) is 8.87. The molecule has 1 amide bonds. The van der Waals surface area contributed by atoms with Gasteiger partial charge in [-0.15, -0.1) is 0 Å². The molecule has 0 bridgehead atoms. The molecule has 0 heterocycles. The van der Waals surface area contributed by atoms with Gasteiger partial charge in [0.1, 0.15) is 0 Å². The first-order valence-electron chi connectivity index (χ1n) is 5.52. The SMILES string of the molecule is CC(C)([N-]C(=O)[B]C(=O)O)C(C)(C)OC(=O)[B]C(=O)O.[Y]. The Labute approximate surface area is 148 Å². The maximum atomic E-state index is 11.3. The van der Waals surface area contributed by atoms with E-state index < -0.39 is 34.6 Å². The van der Waals surface area contributed by atoms with Crippen LogP contribution in [0.25, 0.3) is 5.32 Å². The molecule has 0 saturated carbocycles. The molecular weight excluding hydrogens is 357 g/mol. The van der Waals surface area contributed by atoms with E-state index in [4.69, 9.17) is 14.9 Å². The Hall–Kier alpha value is -0.886. The topological polar surface area (TPSA) is 132 Å². The largest absolute Gasteiger partial charge is 0.654 e. The van der Waals surface area contributed by atoms with Crippen molar-refractivity contribution in [3.8, 4) is 0 Å². The van der Waals surface area contributed by atoms with Gasteiger partial charge in [0.05, 0.1) is 5.60 Å². The van der Waals surface area contributed by atoms with Crippen LogP contribution in [0, 0.1) is 0 Å². The zero-order valence-electron chi connectivity index (χ0n) is 12.1. The van der Waals surface area contributed by atoms with Crippen LogP contribution in [0.3, 0.4) is 0 Å². The first-order valence-corrected chi connectivity index (χ1v) is 5.52. The number of ether oxygens (including phenoxy) is 1. The Balaban J connectivity index is 0. The van der Waals surface area contributed by atoms with E-state index in [0.29, 0.717) is 14.6 Å². The molecule has 0 aromatic carbocycles. The number of hydrogen-bond donors (Lipinski definition) is 2. The number of rotatable bonds is 7. The number of carbonyl (C=O) groups excluding carboxylic acids is 2. The number of carboxylic acid groups (broad SMARTS) is 2. The van der Waals surface area contributed by atoms with Gasteiger partial charge in [0, 0.05) is 38.5 Å². The number of carbonyl (C=O) groups is 4. The van der Waals surface area contributed by atoms with Gasteiger partial charge < -0.3 is 25.1 Å². The molecule has 0 saturated heterocycles. The minimum Gasteiger partial charge on any atom is -0.654 e. The summed E-state index contributed by atoms with van der Waals surface area (Å²) in [6.45, 7) is 5.76. The van der Waals surface area contributed by atoms with E-state index in [1.54, 1.807) is 0 Å². The molecule has 21 heavy (non-hydrogen) atoms. The second kappa shape index (κ2) is 8.53. The van der Waals surface area contributed by atoms with Crippen molar-refractivity contribution in [2.75, 3.05) is 0 Å². The maximum Gasteiger partial charge on any atom is 0.405 e. The summed E-state index contributed by atoms with van der Waals surface area (Å²) < 4.78 is 4.94. The normalized spacial score (nSPS) is 10.7. The molecule has 0 unspecified atom stereocenters. The quantitative estimate of drug-likeness (QED) is 0.654. The van der Waals surface area contributed by atoms with Gasteiger partial charge in [-0.05, 0) is 13.8 Å². The summed E-state index contributed by atoms with van der Waals surface area (Å²) >= 11 is 0. The molecule has 11 heteroatoms. The Morgan fingerprint density at radius 3 is 1.76 bits per heavy atom. The molecule has 0 fully saturated rings. The van der Waals surface area contributed by atoms with Crippen LogP contribution in [0.5, 0.6) is 0 Å². The fraction of sp³-hybridized carbons (Fsp3) is 0.600. The predicted molar refractivity (Wildman–Crippen MR) is 71.0 cm³/mol. The number of amides is 1. The average molecular weight is 371 g/mol. The van der Waals surface area contributed by atoms with Crippen LogP contribution in [0.1, 0.15) is 27.7 Å². The van der Waals surface area contributed by atoms with Gasteiger partial charge in [-0.2, -0.15) is 0 Å². The van der Waals surface area contributed by atoms with Gasteiger partial charge in [-0.25, -0.2) is 0 Å². The zero-order chi connectivity index (χ0) is 16.1. The standard InChI is InChI=1S/C10H15B2NO7.Y/c1-9(2,13-5(14)11-6(15)16)10(3,4)20-8(19)12-7(17)18;/h1-4H3,(H3,13,14,15,16,17,18);/p-1. The summed E-state index contributed by atoms with van der Waals surface area (Å²) in [6, 6.07) is 0. The van der Waals surface area contributed by atoms with Crippen LogP contribution in [-0.4, -0.2) is 59.3 Å². The molecule has 0 aliphatic carbocycles. The van der Waals surface area contributed by atoms with E-state index in [9.17, 15) is 19.2 Å². The van der Waals surface area contributed by atoms with E-state index in [-0.39, 0.29) is 32.7 Å². The Morgan fingerprint density at radius 2 is 1.38 bits per heavy atom. The third-order valence-corrected chi connectivity index (χ3v) is 2.71. The third kappa shape index (κ3) is 8.21. The summed E-state index contributed by atoms with van der Waals surface area (Å²) in [5, 5.41) is 20.5. The number of hydrogen-bond acceptors (Lipinski definition) is 5. The van der Waals surface area contributed by atoms with Crippen molar-refractivity contribution in [2.45, 2.75) is 38.8 Å². The molecule has 0 rings (SSSR count). The van der Waals surface area contributed by atoms with Crippen molar-refractivity contribution in [3.63, 3.8) is 0 Å². The molecular formula is C10H14B2NO7Y-. The van der Waals surface area contributed by atoms with Crippen molar-refractivity contribution in [2.24, 2.45) is 0 Å². The van der Waals surface area contributed by atoms with Gasteiger partial charge in [0.15, 0.2) is 0 Å². The second-order valence-electron chi connectivity index (χ2n) is 4.91. The summed E-state index contributed by atoms with van der Waals surface area (Å²) in [6.07, 6.45) is 0. The van der Waals surface area contributed by atoms with Gasteiger partial charge in [0.2, 0.25) is 5.87 Å². The molecule has 111 valence electrons. The zero-order valence-corrected chi connectivity index (χ0v) is 15.0. The molecule has 3 radical (unpaired) electrons. The van der Waals surface area contributed by atoms with Crippen molar-refractivity contribution < 1.29 is 66.8 Å². The molecule has 0 aromatic rings. The predicted octanol–water partition coefficient (Wildman–Crippen LogP) is 1.94. The minimum absolute atomic E-state index is 0. The maximum absolute atomic E-state index is 11.3. The fourth-order valence-corrected chi connectivity index (χ4v) is 1.05. The molecule has 0 aromatic heterocycles. The molecule has 8 nitrogen and oxygen atoms in total. The fourth-order valence-electron chi connectivity index (χ4n) is 1.05. The van der Waals surface area contributed by atoms with Crippen molar-refractivity contribution in [1.29, 1.82) is 0 Å². The minimum atomic E-state index is -1.46. The van der Waals surface area contributed by atoms with E-state index in [0.717, 1.165) is 0 Å². The average Bonchev–Trinajstić information content (AvgIpc) is 2.10. The second-order valence-corrected chi connectivity index (χ2v) is 4.91. The first kappa shape index (κ1) is 22.4. The van der Waals surface area contributed by atoms with E-state index in [1.165, 1.54) is 27.7 Å². The van der Waals surface area contributed by atoms with Crippen molar-refractivity contribution in [1.82, 2.24) is 0 Å². The van der Waals surface area contributed by atoms with Crippen LogP contribution in [0.4, 0.5) is 19.2 Å². The third-order valence-electron chi connectivity index (χ3n) is 2.71. The molecule has 0 aliphatic rings. The van der Waals surface area contributed by atoms with Crippen LogP contribution in [0.15, 0.2) is 0 Å². The monoisotopic (exact) mass is 371 g/mol. The smallest absolute Gasteiger partial charge is 0.405 e. The number of nitrogens with zero attached hydrogens (tertiary/aromatic N) is 1. The van der Waals surface area contributed by atoms with Crippen molar-refractivity contribution >= 4 is 38.0 Å². The molecule has 0 spiro atoms. The summed E-state index contributed by atoms with van der Waals surface area (Å²) in [5.74, 6) is -4.99. The summed E-state index contributed by atoms with van der Waals surface area (Å²) in [7, 11) is 0.714. The Morgan fingerprint density at radius 1 is 0.952 bits per heavy atom. The van der Waals surface area contributed by atoms with Crippen molar-refractivity contribution in [3.05, 3.63) is 5.32 Å². The van der Waals surface area contributed by atoms with Gasteiger partial charge in [-0.3, -0.25) is 14.4 Å². The van der Waals surface area contributed by atoms with Crippen LogP contribution in [0.2, 0.25) is 0 Å². The summed E-state index contributed by atoms with van der Waals surface area (Å²) in [5.41, 5.74) is -2.57. The molecule has 0 atom stereocenters. The summed E-state index contributed by atoms with van der Waals surface area (Å²) in [4.78, 5) is 43.3.